The summed E-state index contributed by atoms with van der Waals surface area (Å²) in [7, 11) is 0. The number of ether oxygens (including phenoxy) is 4. The molecule has 0 aromatic heterocycles. The van der Waals surface area contributed by atoms with Gasteiger partial charge in [0.25, 0.3) is 0 Å². The standard InChI is InChI=1S/C31H49NO9/c1-8-11-12-15-38-31(37)39-22(7)21(6)28(29(32)30(35)36)23-13-14-24(40-26(33)16-19(4)9-2)25(18-23)41-27(34)17-20(5)10-3/h13-14,18-22,28-29H,8-12,15-17,32H2,1-7H3,(H,35,36)/t19?,20?,21?,22?,28?,29-/m0/s1. The van der Waals surface area contributed by atoms with E-state index in [1.807, 2.05) is 34.6 Å². The first kappa shape index (κ1) is 35.9. The van der Waals surface area contributed by atoms with Crippen LogP contribution in [-0.4, -0.2) is 47.9 Å². The molecule has 1 aromatic rings. The maximum absolute atomic E-state index is 12.7. The van der Waals surface area contributed by atoms with Crippen LogP contribution in [0.1, 0.15) is 105 Å². The summed E-state index contributed by atoms with van der Waals surface area (Å²) >= 11 is 0. The second kappa shape index (κ2) is 18.3. The Morgan fingerprint density at radius 2 is 1.41 bits per heavy atom. The molecule has 10 heteroatoms. The number of esters is 2. The van der Waals surface area contributed by atoms with Gasteiger partial charge in [-0.25, -0.2) is 4.79 Å². The highest BCUT2D eigenvalue weighted by molar-refractivity contribution is 5.77. The topological polar surface area (TPSA) is 151 Å². The molecule has 0 aliphatic rings. The number of benzene rings is 1. The first-order valence-electron chi connectivity index (χ1n) is 14.7. The third-order valence-corrected chi connectivity index (χ3v) is 7.45. The molecular weight excluding hydrogens is 530 g/mol. The number of carbonyl (C=O) groups is 4. The molecule has 0 bridgehead atoms. The number of unbranched alkanes of at least 4 members (excludes halogenated alkanes) is 2. The van der Waals surface area contributed by atoms with Crippen LogP contribution in [0.2, 0.25) is 0 Å². The lowest BCUT2D eigenvalue weighted by Crippen LogP contribution is -2.42. The molecule has 41 heavy (non-hydrogen) atoms. The van der Waals surface area contributed by atoms with Crippen LogP contribution in [0.3, 0.4) is 0 Å². The number of carbonyl (C=O) groups excluding carboxylic acids is 3. The zero-order valence-electron chi connectivity index (χ0n) is 25.6. The number of carboxylic acid groups (broad SMARTS) is 1. The minimum absolute atomic E-state index is 0.00741. The highest BCUT2D eigenvalue weighted by atomic mass is 16.7. The second-order valence-electron chi connectivity index (χ2n) is 11.0. The Bertz CT molecular complexity index is 996. The lowest BCUT2D eigenvalue weighted by molar-refractivity contribution is -0.140. The zero-order valence-corrected chi connectivity index (χ0v) is 25.6. The lowest BCUT2D eigenvalue weighted by atomic mass is 9.79. The van der Waals surface area contributed by atoms with Crippen LogP contribution in [0.25, 0.3) is 0 Å². The van der Waals surface area contributed by atoms with Crippen LogP contribution in [0.5, 0.6) is 11.5 Å². The predicted octanol–water partition coefficient (Wildman–Crippen LogP) is 6.23. The summed E-state index contributed by atoms with van der Waals surface area (Å²) in [6.07, 6.45) is 2.93. The Labute approximate surface area is 244 Å². The van der Waals surface area contributed by atoms with Gasteiger partial charge in [-0.1, -0.05) is 73.3 Å². The molecule has 1 rings (SSSR count). The number of rotatable bonds is 18. The molecule has 0 spiro atoms. The Kier molecular flexibility index (Phi) is 16.0. The molecule has 0 saturated heterocycles. The van der Waals surface area contributed by atoms with Gasteiger partial charge in [-0.3, -0.25) is 14.4 Å². The van der Waals surface area contributed by atoms with E-state index in [9.17, 15) is 24.3 Å². The Morgan fingerprint density at radius 3 is 1.93 bits per heavy atom. The molecule has 3 N–H and O–H groups in total. The van der Waals surface area contributed by atoms with E-state index in [0.717, 1.165) is 32.1 Å². The normalized spacial score (nSPS) is 15.5. The van der Waals surface area contributed by atoms with Crippen molar-refractivity contribution in [2.75, 3.05) is 6.61 Å². The number of hydrogen-bond acceptors (Lipinski definition) is 9. The van der Waals surface area contributed by atoms with E-state index < -0.39 is 48.0 Å². The van der Waals surface area contributed by atoms with Gasteiger partial charge in [0.15, 0.2) is 11.5 Å². The molecule has 6 atom stereocenters. The third kappa shape index (κ3) is 12.5. The third-order valence-electron chi connectivity index (χ3n) is 7.45. The summed E-state index contributed by atoms with van der Waals surface area (Å²) < 4.78 is 21.8. The Balaban J connectivity index is 3.35. The van der Waals surface area contributed by atoms with Crippen molar-refractivity contribution in [2.45, 2.75) is 111 Å². The van der Waals surface area contributed by atoms with Crippen molar-refractivity contribution in [3.63, 3.8) is 0 Å². The van der Waals surface area contributed by atoms with Crippen molar-refractivity contribution < 1.29 is 43.2 Å². The fourth-order valence-electron chi connectivity index (χ4n) is 4.17. The van der Waals surface area contributed by atoms with Gasteiger partial charge in [-0.05, 0) is 42.9 Å². The molecule has 5 unspecified atom stereocenters. The van der Waals surface area contributed by atoms with Gasteiger partial charge >= 0.3 is 24.1 Å². The van der Waals surface area contributed by atoms with Crippen molar-refractivity contribution in [1.29, 1.82) is 0 Å². The van der Waals surface area contributed by atoms with Crippen molar-refractivity contribution in [1.82, 2.24) is 0 Å². The highest BCUT2D eigenvalue weighted by Crippen LogP contribution is 2.37. The van der Waals surface area contributed by atoms with Crippen LogP contribution in [-0.2, 0) is 23.9 Å². The minimum Gasteiger partial charge on any atom is -0.480 e. The fourth-order valence-corrected chi connectivity index (χ4v) is 4.17. The summed E-state index contributed by atoms with van der Waals surface area (Å²) in [5.74, 6) is -3.44. The fraction of sp³-hybridized carbons (Fsp3) is 0.677. The summed E-state index contributed by atoms with van der Waals surface area (Å²) in [6, 6.07) is 3.15. The number of nitrogens with two attached hydrogens (primary N) is 1. The van der Waals surface area contributed by atoms with Crippen molar-refractivity contribution in [3.8, 4) is 11.5 Å². The van der Waals surface area contributed by atoms with Gasteiger partial charge < -0.3 is 29.8 Å². The molecule has 0 radical (unpaired) electrons. The summed E-state index contributed by atoms with van der Waals surface area (Å²) in [5, 5.41) is 9.80. The molecule has 232 valence electrons. The lowest BCUT2D eigenvalue weighted by Gasteiger charge is -2.31. The first-order valence-corrected chi connectivity index (χ1v) is 14.7. The first-order chi connectivity index (χ1) is 19.3. The van der Waals surface area contributed by atoms with E-state index in [4.69, 9.17) is 24.7 Å². The van der Waals surface area contributed by atoms with Gasteiger partial charge in [0.05, 0.1) is 6.61 Å². The van der Waals surface area contributed by atoms with Gasteiger partial charge in [0.2, 0.25) is 0 Å². The molecular formula is C31H49NO9. The van der Waals surface area contributed by atoms with Crippen LogP contribution in [0.4, 0.5) is 4.79 Å². The second-order valence-corrected chi connectivity index (χ2v) is 11.0. The zero-order chi connectivity index (χ0) is 31.1. The van der Waals surface area contributed by atoms with Crippen molar-refractivity contribution in [3.05, 3.63) is 23.8 Å². The largest absolute Gasteiger partial charge is 0.508 e. The Morgan fingerprint density at radius 1 is 0.854 bits per heavy atom. The predicted molar refractivity (Wildman–Crippen MR) is 155 cm³/mol. The average Bonchev–Trinajstić information content (AvgIpc) is 2.91. The maximum Gasteiger partial charge on any atom is 0.508 e. The van der Waals surface area contributed by atoms with Crippen molar-refractivity contribution in [2.24, 2.45) is 23.5 Å². The van der Waals surface area contributed by atoms with Crippen molar-refractivity contribution >= 4 is 24.1 Å². The smallest absolute Gasteiger partial charge is 0.480 e. The summed E-state index contributed by atoms with van der Waals surface area (Å²) in [6.45, 7) is 13.4. The van der Waals surface area contributed by atoms with E-state index in [2.05, 4.69) is 0 Å². The number of carboxylic acids is 1. The van der Waals surface area contributed by atoms with E-state index in [0.29, 0.717) is 5.56 Å². The highest BCUT2D eigenvalue weighted by Gasteiger charge is 2.36. The van der Waals surface area contributed by atoms with E-state index in [1.54, 1.807) is 19.9 Å². The summed E-state index contributed by atoms with van der Waals surface area (Å²) in [5.41, 5.74) is 6.56. The van der Waals surface area contributed by atoms with Gasteiger partial charge in [-0.15, -0.1) is 0 Å². The van der Waals surface area contributed by atoms with E-state index >= 15 is 0 Å². The molecule has 0 aliphatic carbocycles. The molecule has 0 aliphatic heterocycles. The van der Waals surface area contributed by atoms with E-state index in [-0.39, 0.29) is 42.8 Å². The van der Waals surface area contributed by atoms with Gasteiger partial charge in [0, 0.05) is 24.7 Å². The quantitative estimate of drug-likeness (QED) is 0.116. The molecule has 10 nitrogen and oxygen atoms in total. The number of aliphatic carboxylic acids is 1. The minimum atomic E-state index is -1.38. The Hall–Kier alpha value is -3.14. The van der Waals surface area contributed by atoms with Gasteiger partial charge in [-0.2, -0.15) is 0 Å². The van der Waals surface area contributed by atoms with Crippen LogP contribution >= 0.6 is 0 Å². The molecule has 0 saturated carbocycles. The maximum atomic E-state index is 12.7. The number of hydrogen-bond donors (Lipinski definition) is 2. The monoisotopic (exact) mass is 579 g/mol. The van der Waals surface area contributed by atoms with Gasteiger partial charge in [0.1, 0.15) is 12.1 Å². The molecule has 1 aromatic carbocycles. The SMILES string of the molecule is CCCCCOC(=O)OC(C)C(C)C(c1ccc(OC(=O)CC(C)CC)c(OC(=O)CC(C)CC)c1)[C@H](N)C(=O)O. The van der Waals surface area contributed by atoms with E-state index in [1.165, 1.54) is 12.1 Å². The summed E-state index contributed by atoms with van der Waals surface area (Å²) in [4.78, 5) is 49.5. The molecule has 0 amide bonds. The van der Waals surface area contributed by atoms with Crippen LogP contribution in [0.15, 0.2) is 18.2 Å². The van der Waals surface area contributed by atoms with Crippen LogP contribution in [0, 0.1) is 17.8 Å². The van der Waals surface area contributed by atoms with Crippen LogP contribution < -0.4 is 15.2 Å². The molecule has 0 heterocycles. The molecule has 0 fully saturated rings. The average molecular weight is 580 g/mol.